The van der Waals surface area contributed by atoms with Crippen LogP contribution in [-0.2, 0) is 29.8 Å². The van der Waals surface area contributed by atoms with Crippen LogP contribution in [0, 0.1) is 0 Å². The minimum Gasteiger partial charge on any atom is -0.341 e. The molecule has 0 amide bonds. The molecule has 0 spiro atoms. The third-order valence-electron chi connectivity index (χ3n) is 4.31. The van der Waals surface area contributed by atoms with E-state index in [-0.39, 0.29) is 5.03 Å². The normalized spacial score (nSPS) is 14.0. The second kappa shape index (κ2) is 6.68. The lowest BCUT2D eigenvalue weighted by molar-refractivity contribution is -0.137. The van der Waals surface area contributed by atoms with Crippen molar-refractivity contribution in [2.45, 2.75) is 37.6 Å². The number of nitrogens with one attached hydrogen (secondary N) is 1. The number of benzene rings is 1. The minimum atomic E-state index is -4.46. The van der Waals surface area contributed by atoms with Gasteiger partial charge in [0.15, 0.2) is 0 Å². The Hall–Kier alpha value is -2.33. The number of aromatic nitrogens is 3. The fraction of sp³-hybridized carbons (Fsp3) is 0.353. The summed E-state index contributed by atoms with van der Waals surface area (Å²) in [6.45, 7) is 3.73. The molecule has 3 rings (SSSR count). The molecule has 0 unspecified atom stereocenters. The molecule has 0 bridgehead atoms. The van der Waals surface area contributed by atoms with E-state index in [1.165, 1.54) is 16.7 Å². The monoisotopic (exact) mass is 400 g/mol. The lowest BCUT2D eigenvalue weighted by Crippen LogP contribution is -2.30. The molecule has 27 heavy (non-hydrogen) atoms. The maximum absolute atomic E-state index is 13.0. The average Bonchev–Trinajstić information content (AvgIpc) is 3.16. The molecule has 0 radical (unpaired) electrons. The molecule has 0 aliphatic heterocycles. The number of sulfonamides is 1. The molecule has 1 atom stereocenters. The van der Waals surface area contributed by atoms with Gasteiger partial charge in [-0.2, -0.15) is 17.9 Å². The number of hydrogen-bond donors (Lipinski definition) is 1. The molecule has 1 aromatic carbocycles. The number of hydrogen-bond acceptors (Lipinski definition) is 3. The molecule has 3 aromatic rings. The van der Waals surface area contributed by atoms with Crippen LogP contribution < -0.4 is 4.72 Å². The van der Waals surface area contributed by atoms with Gasteiger partial charge in [0, 0.05) is 19.8 Å². The van der Waals surface area contributed by atoms with E-state index in [2.05, 4.69) is 9.71 Å². The molecule has 0 saturated carbocycles. The lowest BCUT2D eigenvalue weighted by atomic mass is 10.2. The van der Waals surface area contributed by atoms with Crippen LogP contribution in [0.25, 0.3) is 11.0 Å². The Morgan fingerprint density at radius 2 is 1.96 bits per heavy atom. The number of alkyl halides is 3. The fourth-order valence-electron chi connectivity index (χ4n) is 3.05. The number of fused-ring (bicyclic) bond motifs is 1. The highest BCUT2D eigenvalue weighted by molar-refractivity contribution is 7.89. The smallest absolute Gasteiger partial charge is 0.341 e. The summed E-state index contributed by atoms with van der Waals surface area (Å²) in [5, 5.41) is 0.0906. The van der Waals surface area contributed by atoms with Crippen LogP contribution in [0.1, 0.15) is 31.3 Å². The van der Waals surface area contributed by atoms with E-state index in [1.807, 2.05) is 0 Å². The van der Waals surface area contributed by atoms with Gasteiger partial charge in [-0.25, -0.2) is 13.4 Å². The van der Waals surface area contributed by atoms with Gasteiger partial charge in [-0.15, -0.1) is 0 Å². The summed E-state index contributed by atoms with van der Waals surface area (Å²) < 4.78 is 69.8. The van der Waals surface area contributed by atoms with E-state index in [9.17, 15) is 21.6 Å². The molecule has 0 aliphatic rings. The first-order valence-electron chi connectivity index (χ1n) is 8.25. The summed E-state index contributed by atoms with van der Waals surface area (Å²) in [5.74, 6) is 0.351. The van der Waals surface area contributed by atoms with E-state index < -0.39 is 27.8 Å². The number of halogens is 3. The maximum Gasteiger partial charge on any atom is 0.416 e. The topological polar surface area (TPSA) is 68.9 Å². The van der Waals surface area contributed by atoms with E-state index in [0.717, 1.165) is 12.1 Å². The van der Waals surface area contributed by atoms with Crippen molar-refractivity contribution in [3.63, 3.8) is 0 Å². The van der Waals surface area contributed by atoms with Crippen LogP contribution in [0.5, 0.6) is 0 Å². The Bertz CT molecular complexity index is 1080. The predicted molar refractivity (Wildman–Crippen MR) is 94.6 cm³/mol. The van der Waals surface area contributed by atoms with Crippen molar-refractivity contribution in [2.24, 2.45) is 7.05 Å². The number of rotatable bonds is 5. The van der Waals surface area contributed by atoms with Gasteiger partial charge >= 0.3 is 6.18 Å². The van der Waals surface area contributed by atoms with E-state index in [0.29, 0.717) is 23.4 Å². The third-order valence-corrected chi connectivity index (χ3v) is 5.95. The summed E-state index contributed by atoms with van der Waals surface area (Å²) in [5.41, 5.74) is -0.0785. The van der Waals surface area contributed by atoms with Crippen LogP contribution in [0.2, 0.25) is 0 Å². The quantitative estimate of drug-likeness (QED) is 0.713. The Morgan fingerprint density at radius 1 is 1.26 bits per heavy atom. The SMILES string of the molecule is CCn1c([C@@H](C)NS(=O)(=O)c2cccn2C)nc2ccc(C(F)(F)F)cc21. The second-order valence-corrected chi connectivity index (χ2v) is 7.88. The zero-order valence-electron chi connectivity index (χ0n) is 14.9. The largest absolute Gasteiger partial charge is 0.416 e. The number of aryl methyl sites for hydroxylation is 2. The zero-order chi connectivity index (χ0) is 20.0. The van der Waals surface area contributed by atoms with Crippen LogP contribution >= 0.6 is 0 Å². The first kappa shape index (κ1) is 19.4. The van der Waals surface area contributed by atoms with Crippen molar-refractivity contribution in [1.29, 1.82) is 0 Å². The molecule has 6 nitrogen and oxygen atoms in total. The Balaban J connectivity index is 2.02. The molecule has 2 aromatic heterocycles. The van der Waals surface area contributed by atoms with Gasteiger partial charge in [-0.1, -0.05) is 0 Å². The summed E-state index contributed by atoms with van der Waals surface area (Å²) in [6.07, 6.45) is -2.85. The minimum absolute atomic E-state index is 0.0906. The summed E-state index contributed by atoms with van der Waals surface area (Å²) >= 11 is 0. The molecule has 0 aliphatic carbocycles. The van der Waals surface area contributed by atoms with Crippen LogP contribution in [0.3, 0.4) is 0 Å². The number of nitrogens with zero attached hydrogens (tertiary/aromatic N) is 3. The Kier molecular flexibility index (Phi) is 4.81. The highest BCUT2D eigenvalue weighted by Crippen LogP contribution is 2.32. The van der Waals surface area contributed by atoms with Crippen molar-refractivity contribution in [2.75, 3.05) is 0 Å². The first-order chi connectivity index (χ1) is 12.5. The lowest BCUT2D eigenvalue weighted by Gasteiger charge is -2.16. The summed E-state index contributed by atoms with van der Waals surface area (Å²) in [7, 11) is -2.20. The second-order valence-electron chi connectivity index (χ2n) is 6.22. The highest BCUT2D eigenvalue weighted by atomic mass is 32.2. The van der Waals surface area contributed by atoms with Gasteiger partial charge in [0.1, 0.15) is 10.9 Å². The molecule has 1 N–H and O–H groups in total. The van der Waals surface area contributed by atoms with Gasteiger partial charge in [0.2, 0.25) is 0 Å². The molecule has 10 heteroatoms. The van der Waals surface area contributed by atoms with Gasteiger partial charge in [0.25, 0.3) is 10.0 Å². The van der Waals surface area contributed by atoms with Crippen LogP contribution in [0.4, 0.5) is 13.2 Å². The van der Waals surface area contributed by atoms with Crippen molar-refractivity contribution >= 4 is 21.1 Å². The first-order valence-corrected chi connectivity index (χ1v) is 9.74. The summed E-state index contributed by atoms with van der Waals surface area (Å²) in [6, 6.07) is 5.65. The van der Waals surface area contributed by atoms with Gasteiger partial charge in [-0.3, -0.25) is 0 Å². The molecule has 146 valence electrons. The maximum atomic E-state index is 13.0. The molecule has 0 fully saturated rings. The number of imidazole rings is 1. The van der Waals surface area contributed by atoms with E-state index in [1.54, 1.807) is 37.7 Å². The van der Waals surface area contributed by atoms with Crippen molar-refractivity contribution in [1.82, 2.24) is 18.8 Å². The van der Waals surface area contributed by atoms with Crippen molar-refractivity contribution in [3.05, 3.63) is 47.9 Å². The van der Waals surface area contributed by atoms with Crippen LogP contribution in [0.15, 0.2) is 41.6 Å². The van der Waals surface area contributed by atoms with Gasteiger partial charge in [-0.05, 0) is 44.2 Å². The van der Waals surface area contributed by atoms with Gasteiger partial charge in [0.05, 0.1) is 22.6 Å². The predicted octanol–water partition coefficient (Wildman–Crippen LogP) is 3.45. The van der Waals surface area contributed by atoms with Crippen molar-refractivity contribution in [3.8, 4) is 0 Å². The van der Waals surface area contributed by atoms with Crippen molar-refractivity contribution < 1.29 is 21.6 Å². The Labute approximate surface area is 154 Å². The molecular weight excluding hydrogens is 381 g/mol. The van der Waals surface area contributed by atoms with Crippen LogP contribution in [-0.4, -0.2) is 22.5 Å². The molecule has 2 heterocycles. The van der Waals surface area contributed by atoms with Gasteiger partial charge < -0.3 is 9.13 Å². The molecule has 0 saturated heterocycles. The molecular formula is C17H19F3N4O2S. The van der Waals surface area contributed by atoms with E-state index in [4.69, 9.17) is 0 Å². The summed E-state index contributed by atoms with van der Waals surface area (Å²) in [4.78, 5) is 4.36. The standard InChI is InChI=1S/C17H19F3N4O2S/c1-4-24-14-10-12(17(18,19)20)7-8-13(14)21-16(24)11(2)22-27(25,26)15-6-5-9-23(15)3/h5-11,22H,4H2,1-3H3/t11-/m1/s1. The fourth-order valence-corrected chi connectivity index (χ4v) is 4.44. The highest BCUT2D eigenvalue weighted by Gasteiger charge is 2.31. The van der Waals surface area contributed by atoms with E-state index >= 15 is 0 Å². The zero-order valence-corrected chi connectivity index (χ0v) is 15.8. The average molecular weight is 400 g/mol. The third kappa shape index (κ3) is 3.59. The Morgan fingerprint density at radius 3 is 2.52 bits per heavy atom.